The molecule has 1 atom stereocenters. The van der Waals surface area contributed by atoms with Crippen LogP contribution < -0.4 is 5.32 Å². The van der Waals surface area contributed by atoms with Crippen molar-refractivity contribution in [1.82, 2.24) is 5.32 Å². The number of esters is 1. The molecule has 1 saturated carbocycles. The molecule has 122 valence electrons. The molecule has 1 fully saturated rings. The Morgan fingerprint density at radius 3 is 2.25 bits per heavy atom. The van der Waals surface area contributed by atoms with Crippen LogP contribution in [0.25, 0.3) is 6.08 Å². The van der Waals surface area contributed by atoms with Gasteiger partial charge in [-0.05, 0) is 24.5 Å². The minimum atomic E-state index is -0.931. The average molecular weight is 321 g/mol. The number of carbonyl (C=O) groups excluding carboxylic acids is 2. The van der Waals surface area contributed by atoms with Crippen molar-refractivity contribution in [2.24, 2.45) is 0 Å². The van der Waals surface area contributed by atoms with Crippen LogP contribution in [-0.2, 0) is 14.3 Å². The van der Waals surface area contributed by atoms with E-state index < -0.39 is 12.1 Å². The Balaban J connectivity index is 1.69. The number of ether oxygens (including phenoxy) is 1. The van der Waals surface area contributed by atoms with Gasteiger partial charge < -0.3 is 10.1 Å². The molecular weight excluding hydrogens is 302 g/mol. The van der Waals surface area contributed by atoms with Crippen molar-refractivity contribution >= 4 is 18.0 Å². The standard InChI is InChI=1S/C20H19NO3/c22-18(14-11-15-7-3-1-4-8-15)24-19(16-9-5-2-6-10-16)20(23)21-17-12-13-17/h1-11,14,17,19H,12-13H2,(H,21,23)/b14-11+/t19-/m1/s1. The third kappa shape index (κ3) is 4.56. The summed E-state index contributed by atoms with van der Waals surface area (Å²) >= 11 is 0. The lowest BCUT2D eigenvalue weighted by atomic mass is 10.1. The van der Waals surface area contributed by atoms with Gasteiger partial charge in [0.25, 0.3) is 5.91 Å². The highest BCUT2D eigenvalue weighted by Gasteiger charge is 2.30. The summed E-state index contributed by atoms with van der Waals surface area (Å²) in [6.45, 7) is 0. The quantitative estimate of drug-likeness (QED) is 0.656. The Kier molecular flexibility index (Phi) is 5.06. The molecule has 0 aliphatic heterocycles. The average Bonchev–Trinajstić information content (AvgIpc) is 3.43. The molecule has 1 aliphatic carbocycles. The van der Waals surface area contributed by atoms with Gasteiger partial charge in [0.1, 0.15) is 0 Å². The predicted molar refractivity (Wildman–Crippen MR) is 91.9 cm³/mol. The van der Waals surface area contributed by atoms with Crippen molar-refractivity contribution in [2.45, 2.75) is 25.0 Å². The number of carbonyl (C=O) groups is 2. The summed E-state index contributed by atoms with van der Waals surface area (Å²) in [5, 5.41) is 2.89. The molecule has 0 saturated heterocycles. The highest BCUT2D eigenvalue weighted by atomic mass is 16.5. The highest BCUT2D eigenvalue weighted by Crippen LogP contribution is 2.23. The molecule has 2 aromatic carbocycles. The molecule has 4 heteroatoms. The summed E-state index contributed by atoms with van der Waals surface area (Å²) in [6.07, 6.45) is 4.04. The van der Waals surface area contributed by atoms with Crippen LogP contribution in [0.15, 0.2) is 66.7 Å². The first-order valence-corrected chi connectivity index (χ1v) is 8.01. The zero-order chi connectivity index (χ0) is 16.8. The van der Waals surface area contributed by atoms with E-state index in [0.717, 1.165) is 18.4 Å². The fraction of sp³-hybridized carbons (Fsp3) is 0.200. The van der Waals surface area contributed by atoms with Gasteiger partial charge in [0.05, 0.1) is 0 Å². The Morgan fingerprint density at radius 2 is 1.62 bits per heavy atom. The van der Waals surface area contributed by atoms with Crippen LogP contribution in [0.3, 0.4) is 0 Å². The van der Waals surface area contributed by atoms with Crippen LogP contribution in [0, 0.1) is 0 Å². The van der Waals surface area contributed by atoms with Gasteiger partial charge in [0.15, 0.2) is 0 Å². The van der Waals surface area contributed by atoms with E-state index in [1.807, 2.05) is 48.5 Å². The number of nitrogens with one attached hydrogen (secondary N) is 1. The third-order valence-electron chi connectivity index (χ3n) is 3.71. The van der Waals surface area contributed by atoms with Gasteiger partial charge in [0.2, 0.25) is 6.10 Å². The normalized spacial score (nSPS) is 15.0. The van der Waals surface area contributed by atoms with E-state index in [2.05, 4.69) is 5.32 Å². The molecule has 4 nitrogen and oxygen atoms in total. The highest BCUT2D eigenvalue weighted by molar-refractivity contribution is 5.91. The zero-order valence-electron chi connectivity index (χ0n) is 13.2. The maximum atomic E-state index is 12.4. The lowest BCUT2D eigenvalue weighted by Gasteiger charge is -2.17. The second-order valence-electron chi connectivity index (χ2n) is 5.75. The molecule has 1 N–H and O–H groups in total. The molecule has 1 amide bonds. The van der Waals surface area contributed by atoms with Gasteiger partial charge in [-0.2, -0.15) is 0 Å². The topological polar surface area (TPSA) is 55.4 Å². The molecule has 0 aromatic heterocycles. The fourth-order valence-electron chi connectivity index (χ4n) is 2.29. The first-order valence-electron chi connectivity index (χ1n) is 8.01. The Morgan fingerprint density at radius 1 is 1.00 bits per heavy atom. The number of hydrogen-bond donors (Lipinski definition) is 1. The van der Waals surface area contributed by atoms with E-state index in [1.165, 1.54) is 6.08 Å². The number of rotatable bonds is 6. The molecule has 0 spiro atoms. The van der Waals surface area contributed by atoms with Crippen molar-refractivity contribution in [1.29, 1.82) is 0 Å². The molecular formula is C20H19NO3. The maximum Gasteiger partial charge on any atom is 0.331 e. The smallest absolute Gasteiger partial charge is 0.331 e. The van der Waals surface area contributed by atoms with Crippen molar-refractivity contribution in [3.8, 4) is 0 Å². The summed E-state index contributed by atoms with van der Waals surface area (Å²) in [4.78, 5) is 24.5. The Labute approximate surface area is 141 Å². The maximum absolute atomic E-state index is 12.4. The minimum Gasteiger partial charge on any atom is -0.444 e. The summed E-state index contributed by atoms with van der Waals surface area (Å²) in [5.74, 6) is -0.816. The van der Waals surface area contributed by atoms with E-state index in [0.29, 0.717) is 5.56 Å². The lowest BCUT2D eigenvalue weighted by Crippen LogP contribution is -2.33. The molecule has 2 aromatic rings. The summed E-state index contributed by atoms with van der Waals surface area (Å²) in [6, 6.07) is 18.7. The summed E-state index contributed by atoms with van der Waals surface area (Å²) in [7, 11) is 0. The number of hydrogen-bond acceptors (Lipinski definition) is 3. The van der Waals surface area contributed by atoms with Crippen molar-refractivity contribution in [3.63, 3.8) is 0 Å². The predicted octanol–water partition coefficient (Wildman–Crippen LogP) is 3.26. The SMILES string of the molecule is O=C(/C=C/c1ccccc1)O[C@@H](C(=O)NC1CC1)c1ccccc1. The van der Waals surface area contributed by atoms with Gasteiger partial charge in [0, 0.05) is 17.7 Å². The van der Waals surface area contributed by atoms with Crippen molar-refractivity contribution in [3.05, 3.63) is 77.9 Å². The van der Waals surface area contributed by atoms with E-state index in [-0.39, 0.29) is 11.9 Å². The second kappa shape index (κ2) is 7.59. The Bertz CT molecular complexity index is 721. The molecule has 0 radical (unpaired) electrons. The molecule has 0 heterocycles. The number of benzene rings is 2. The van der Waals surface area contributed by atoms with Gasteiger partial charge in [-0.1, -0.05) is 60.7 Å². The van der Waals surface area contributed by atoms with Crippen LogP contribution in [0.5, 0.6) is 0 Å². The van der Waals surface area contributed by atoms with Crippen LogP contribution in [0.4, 0.5) is 0 Å². The van der Waals surface area contributed by atoms with Gasteiger partial charge in [-0.3, -0.25) is 4.79 Å². The van der Waals surface area contributed by atoms with Gasteiger partial charge in [-0.15, -0.1) is 0 Å². The van der Waals surface area contributed by atoms with Gasteiger partial charge >= 0.3 is 5.97 Å². The molecule has 0 bridgehead atoms. The third-order valence-corrected chi connectivity index (χ3v) is 3.71. The first kappa shape index (κ1) is 16.0. The zero-order valence-corrected chi connectivity index (χ0v) is 13.2. The molecule has 1 aliphatic rings. The van der Waals surface area contributed by atoms with Crippen molar-refractivity contribution in [2.75, 3.05) is 0 Å². The van der Waals surface area contributed by atoms with Crippen LogP contribution in [-0.4, -0.2) is 17.9 Å². The largest absolute Gasteiger partial charge is 0.444 e. The lowest BCUT2D eigenvalue weighted by molar-refractivity contribution is -0.151. The van der Waals surface area contributed by atoms with E-state index in [4.69, 9.17) is 4.74 Å². The van der Waals surface area contributed by atoms with Gasteiger partial charge in [-0.25, -0.2) is 4.79 Å². The van der Waals surface area contributed by atoms with Crippen molar-refractivity contribution < 1.29 is 14.3 Å². The summed E-state index contributed by atoms with van der Waals surface area (Å²) in [5.41, 5.74) is 1.56. The summed E-state index contributed by atoms with van der Waals surface area (Å²) < 4.78 is 5.41. The Hall–Kier alpha value is -2.88. The van der Waals surface area contributed by atoms with E-state index in [9.17, 15) is 9.59 Å². The second-order valence-corrected chi connectivity index (χ2v) is 5.75. The van der Waals surface area contributed by atoms with Crippen LogP contribution >= 0.6 is 0 Å². The van der Waals surface area contributed by atoms with E-state index in [1.54, 1.807) is 18.2 Å². The first-order chi connectivity index (χ1) is 11.7. The minimum absolute atomic E-state index is 0.210. The van der Waals surface area contributed by atoms with E-state index >= 15 is 0 Å². The van der Waals surface area contributed by atoms with Crippen LogP contribution in [0.2, 0.25) is 0 Å². The monoisotopic (exact) mass is 321 g/mol. The fourth-order valence-corrected chi connectivity index (χ4v) is 2.29. The molecule has 3 rings (SSSR count). The molecule has 0 unspecified atom stereocenters. The number of amides is 1. The molecule has 24 heavy (non-hydrogen) atoms. The van der Waals surface area contributed by atoms with Crippen LogP contribution in [0.1, 0.15) is 30.1 Å².